The maximum atomic E-state index is 12.9. The molecule has 1 saturated carbocycles. The molecule has 8 nitrogen and oxygen atoms in total. The maximum absolute atomic E-state index is 12.9. The minimum atomic E-state index is -0.898. The molecule has 166 valence electrons. The molecule has 2 N–H and O–H groups in total. The molecule has 1 aliphatic carbocycles. The van der Waals surface area contributed by atoms with Gasteiger partial charge in [0.25, 0.3) is 11.8 Å². The summed E-state index contributed by atoms with van der Waals surface area (Å²) in [6, 6.07) is 4.06. The fourth-order valence-electron chi connectivity index (χ4n) is 4.60. The number of benzene rings is 1. The fourth-order valence-corrected chi connectivity index (χ4v) is 4.90. The second-order valence-electron chi connectivity index (χ2n) is 8.41. The molecular formula is C21H24Cl2N4O4. The predicted octanol–water partition coefficient (Wildman–Crippen LogP) is 3.13. The van der Waals surface area contributed by atoms with Crippen LogP contribution in [0.15, 0.2) is 18.2 Å². The zero-order valence-corrected chi connectivity index (χ0v) is 18.5. The van der Waals surface area contributed by atoms with Crippen LogP contribution >= 0.6 is 23.2 Å². The minimum Gasteiger partial charge on any atom is -0.338 e. The Morgan fingerprint density at radius 1 is 1.06 bits per heavy atom. The van der Waals surface area contributed by atoms with Crippen molar-refractivity contribution < 1.29 is 19.2 Å². The van der Waals surface area contributed by atoms with Gasteiger partial charge in [-0.2, -0.15) is 5.01 Å². The number of nitrogens with one attached hydrogen (secondary N) is 2. The molecule has 0 radical (unpaired) electrons. The summed E-state index contributed by atoms with van der Waals surface area (Å²) in [5, 5.41) is 4.23. The summed E-state index contributed by atoms with van der Waals surface area (Å²) in [4.78, 5) is 52.5. The van der Waals surface area contributed by atoms with Crippen LogP contribution in [0.25, 0.3) is 0 Å². The molecule has 1 spiro atoms. The molecule has 5 amide bonds. The molecule has 2 heterocycles. The predicted molar refractivity (Wildman–Crippen MR) is 114 cm³/mol. The summed E-state index contributed by atoms with van der Waals surface area (Å²) in [6.45, 7) is 0.703. The number of carbonyl (C=O) groups is 4. The van der Waals surface area contributed by atoms with Crippen LogP contribution in [0, 0.1) is 5.92 Å². The lowest BCUT2D eigenvalue weighted by Crippen LogP contribution is -2.53. The number of carbonyl (C=O) groups excluding carboxylic acids is 4. The average molecular weight is 467 g/mol. The fraction of sp³-hybridized carbons (Fsp3) is 0.524. The first-order chi connectivity index (χ1) is 14.8. The minimum absolute atomic E-state index is 0.194. The van der Waals surface area contributed by atoms with E-state index in [-0.39, 0.29) is 17.5 Å². The monoisotopic (exact) mass is 466 g/mol. The van der Waals surface area contributed by atoms with Crippen molar-refractivity contribution >= 4 is 47.0 Å². The lowest BCUT2D eigenvalue weighted by Gasteiger charge is -2.33. The first-order valence-electron chi connectivity index (χ1n) is 10.5. The van der Waals surface area contributed by atoms with E-state index in [0.29, 0.717) is 42.8 Å². The van der Waals surface area contributed by atoms with Crippen LogP contribution in [0.5, 0.6) is 0 Å². The number of likely N-dealkylation sites (tertiary alicyclic amines) is 1. The zero-order valence-electron chi connectivity index (χ0n) is 17.0. The Hall–Kier alpha value is -2.32. The molecule has 0 aromatic heterocycles. The smallest absolute Gasteiger partial charge is 0.338 e. The van der Waals surface area contributed by atoms with E-state index in [1.54, 1.807) is 17.0 Å². The Balaban J connectivity index is 1.41. The summed E-state index contributed by atoms with van der Waals surface area (Å²) in [7, 11) is 0. The highest BCUT2D eigenvalue weighted by Crippen LogP contribution is 2.33. The molecule has 1 aromatic rings. The van der Waals surface area contributed by atoms with Gasteiger partial charge in [-0.3, -0.25) is 19.8 Å². The van der Waals surface area contributed by atoms with Crippen molar-refractivity contribution in [1.82, 2.24) is 20.7 Å². The molecular weight excluding hydrogens is 443 g/mol. The van der Waals surface area contributed by atoms with Crippen molar-refractivity contribution in [2.45, 2.75) is 50.5 Å². The second kappa shape index (κ2) is 8.67. The third-order valence-corrected chi connectivity index (χ3v) is 7.08. The molecule has 1 unspecified atom stereocenters. The normalized spacial score (nSPS) is 23.1. The number of imide groups is 1. The largest absolute Gasteiger partial charge is 0.344 e. The average Bonchev–Trinajstić information content (AvgIpc) is 2.99. The Morgan fingerprint density at radius 2 is 1.81 bits per heavy atom. The third kappa shape index (κ3) is 4.23. The van der Waals surface area contributed by atoms with Crippen molar-refractivity contribution in [2.24, 2.45) is 5.92 Å². The van der Waals surface area contributed by atoms with Crippen molar-refractivity contribution in [3.63, 3.8) is 0 Å². The van der Waals surface area contributed by atoms with Crippen LogP contribution in [0.1, 0.15) is 55.3 Å². The first kappa shape index (κ1) is 21.9. The number of rotatable bonds is 3. The molecule has 4 rings (SSSR count). The van der Waals surface area contributed by atoms with Crippen LogP contribution in [0.3, 0.4) is 0 Å². The van der Waals surface area contributed by atoms with E-state index in [1.807, 2.05) is 0 Å². The van der Waals surface area contributed by atoms with Gasteiger partial charge in [0.1, 0.15) is 5.54 Å². The van der Waals surface area contributed by atoms with Gasteiger partial charge in [-0.05, 0) is 43.9 Å². The number of hydrazine groups is 1. The molecule has 1 aromatic carbocycles. The van der Waals surface area contributed by atoms with Crippen LogP contribution in [-0.2, 0) is 9.59 Å². The van der Waals surface area contributed by atoms with E-state index in [4.69, 9.17) is 23.2 Å². The van der Waals surface area contributed by atoms with Crippen molar-refractivity contribution in [3.8, 4) is 0 Å². The Labute approximate surface area is 190 Å². The lowest BCUT2D eigenvalue weighted by molar-refractivity contribution is -0.141. The Bertz CT molecular complexity index is 932. The Kier molecular flexibility index (Phi) is 6.12. The van der Waals surface area contributed by atoms with Crippen LogP contribution < -0.4 is 10.7 Å². The van der Waals surface area contributed by atoms with Gasteiger partial charge in [-0.1, -0.05) is 42.5 Å². The number of nitrogens with zero attached hydrogens (tertiary/aromatic N) is 2. The molecule has 3 aliphatic rings. The van der Waals surface area contributed by atoms with Gasteiger partial charge in [0.15, 0.2) is 0 Å². The van der Waals surface area contributed by atoms with E-state index in [9.17, 15) is 19.2 Å². The topological polar surface area (TPSA) is 98.8 Å². The zero-order chi connectivity index (χ0) is 22.2. The van der Waals surface area contributed by atoms with Gasteiger partial charge in [0, 0.05) is 18.7 Å². The van der Waals surface area contributed by atoms with E-state index >= 15 is 0 Å². The van der Waals surface area contributed by atoms with Gasteiger partial charge in [-0.15, -0.1) is 0 Å². The highest BCUT2D eigenvalue weighted by Gasteiger charge is 2.52. The van der Waals surface area contributed by atoms with Crippen LogP contribution in [0.4, 0.5) is 4.79 Å². The molecule has 2 saturated heterocycles. The van der Waals surface area contributed by atoms with E-state index < -0.39 is 29.3 Å². The summed E-state index contributed by atoms with van der Waals surface area (Å²) >= 11 is 11.9. The van der Waals surface area contributed by atoms with E-state index in [0.717, 1.165) is 24.3 Å². The number of urea groups is 1. The van der Waals surface area contributed by atoms with E-state index in [2.05, 4.69) is 10.7 Å². The lowest BCUT2D eigenvalue weighted by atomic mass is 9.82. The quantitative estimate of drug-likeness (QED) is 0.668. The third-order valence-electron chi connectivity index (χ3n) is 6.34. The number of halogens is 2. The second-order valence-corrected chi connectivity index (χ2v) is 9.22. The van der Waals surface area contributed by atoms with Crippen LogP contribution in [-0.4, -0.2) is 52.3 Å². The molecule has 1 atom stereocenters. The summed E-state index contributed by atoms with van der Waals surface area (Å²) in [5.41, 5.74) is 1.99. The van der Waals surface area contributed by atoms with Crippen molar-refractivity contribution in [1.29, 1.82) is 0 Å². The molecule has 2 aliphatic heterocycles. The summed E-state index contributed by atoms with van der Waals surface area (Å²) in [5.74, 6) is -1.61. The summed E-state index contributed by atoms with van der Waals surface area (Å²) in [6.07, 6.45) is 5.12. The molecule has 10 heteroatoms. The standard InChI is InChI=1S/C21H24Cl2N4O4/c22-15-7-6-13(11-16(15)23)18(29)26-10-4-5-14(12-26)17(28)25-27-19(30)21(24-20(27)31)8-2-1-3-9-21/h6-7,11,14H,1-5,8-10,12H2,(H,24,31)(H,25,28). The Morgan fingerprint density at radius 3 is 2.52 bits per heavy atom. The SMILES string of the molecule is O=C(NN1C(=O)NC2(CCCCC2)C1=O)C1CCCN(C(=O)c2ccc(Cl)c(Cl)c2)C1. The molecule has 31 heavy (non-hydrogen) atoms. The van der Waals surface area contributed by atoms with Gasteiger partial charge >= 0.3 is 6.03 Å². The maximum Gasteiger partial charge on any atom is 0.344 e. The van der Waals surface area contributed by atoms with E-state index in [1.165, 1.54) is 6.07 Å². The van der Waals surface area contributed by atoms with Crippen molar-refractivity contribution in [3.05, 3.63) is 33.8 Å². The first-order valence-corrected chi connectivity index (χ1v) is 11.3. The van der Waals surface area contributed by atoms with Crippen molar-refractivity contribution in [2.75, 3.05) is 13.1 Å². The summed E-state index contributed by atoms with van der Waals surface area (Å²) < 4.78 is 0. The van der Waals surface area contributed by atoms with Gasteiger partial charge in [-0.25, -0.2) is 4.79 Å². The molecule has 0 bridgehead atoms. The van der Waals surface area contributed by atoms with Crippen LogP contribution in [0.2, 0.25) is 10.0 Å². The number of hydrogen-bond acceptors (Lipinski definition) is 4. The number of piperidine rings is 1. The van der Waals surface area contributed by atoms with Gasteiger partial charge in [0.2, 0.25) is 5.91 Å². The number of hydrogen-bond donors (Lipinski definition) is 2. The van der Waals surface area contributed by atoms with Gasteiger partial charge in [0.05, 0.1) is 16.0 Å². The highest BCUT2D eigenvalue weighted by molar-refractivity contribution is 6.42. The highest BCUT2D eigenvalue weighted by atomic mass is 35.5. The van der Waals surface area contributed by atoms with Gasteiger partial charge < -0.3 is 10.2 Å². The number of amides is 5. The molecule has 3 fully saturated rings.